The third kappa shape index (κ3) is 2.53. The van der Waals surface area contributed by atoms with Crippen molar-refractivity contribution in [3.8, 4) is 0 Å². The highest BCUT2D eigenvalue weighted by molar-refractivity contribution is 6.39. The molecule has 2 rings (SSSR count). The highest BCUT2D eigenvalue weighted by Gasteiger charge is 2.42. The lowest BCUT2D eigenvalue weighted by molar-refractivity contribution is -0.131. The van der Waals surface area contributed by atoms with E-state index in [1.54, 1.807) is 31.4 Å². The van der Waals surface area contributed by atoms with Gasteiger partial charge in [0.05, 0.1) is 5.60 Å². The molecule has 0 saturated heterocycles. The van der Waals surface area contributed by atoms with Crippen molar-refractivity contribution in [3.63, 3.8) is 0 Å². The van der Waals surface area contributed by atoms with Gasteiger partial charge in [-0.15, -0.1) is 0 Å². The van der Waals surface area contributed by atoms with Crippen LogP contribution in [0, 0.1) is 0 Å². The number of methoxy groups -OCH3 is 1. The van der Waals surface area contributed by atoms with Gasteiger partial charge in [-0.3, -0.25) is 4.79 Å². The highest BCUT2D eigenvalue weighted by atomic mass is 16.5. The first-order chi connectivity index (χ1) is 8.06. The van der Waals surface area contributed by atoms with Crippen LogP contribution >= 0.6 is 0 Å². The fraction of sp³-hybridized carbons (Fsp3) is 0.385. The van der Waals surface area contributed by atoms with Crippen LogP contribution in [0.15, 0.2) is 24.3 Å². The van der Waals surface area contributed by atoms with Crippen molar-refractivity contribution in [1.82, 2.24) is 0 Å². The summed E-state index contributed by atoms with van der Waals surface area (Å²) in [5.74, 6) is -2.29. The van der Waals surface area contributed by atoms with E-state index in [0.717, 1.165) is 24.8 Å². The number of ether oxygens (including phenoxy) is 1. The highest BCUT2D eigenvalue weighted by Crippen LogP contribution is 2.41. The molecule has 1 aromatic rings. The first-order valence-corrected chi connectivity index (χ1v) is 5.48. The molecule has 0 unspecified atom stereocenters. The number of ketones is 1. The summed E-state index contributed by atoms with van der Waals surface area (Å²) in [6.07, 6.45) is 2.92. The Balaban J connectivity index is 2.08. The Morgan fingerprint density at radius 2 is 1.88 bits per heavy atom. The zero-order valence-corrected chi connectivity index (χ0v) is 9.60. The first kappa shape index (κ1) is 11.8. The molecule has 0 atom stereocenters. The van der Waals surface area contributed by atoms with E-state index in [0.29, 0.717) is 0 Å². The van der Waals surface area contributed by atoms with Crippen LogP contribution in [0.4, 0.5) is 0 Å². The van der Waals surface area contributed by atoms with Gasteiger partial charge in [-0.2, -0.15) is 0 Å². The molecule has 0 aromatic heterocycles. The van der Waals surface area contributed by atoms with E-state index in [-0.39, 0.29) is 11.2 Å². The van der Waals surface area contributed by atoms with Crippen molar-refractivity contribution >= 4 is 11.8 Å². The van der Waals surface area contributed by atoms with Crippen molar-refractivity contribution in [1.29, 1.82) is 0 Å². The average Bonchev–Trinajstić information content (AvgIpc) is 3.09. The molecule has 1 fully saturated rings. The molecule has 1 aliphatic carbocycles. The second kappa shape index (κ2) is 4.30. The summed E-state index contributed by atoms with van der Waals surface area (Å²) in [6.45, 7) is 0. The van der Waals surface area contributed by atoms with Crippen molar-refractivity contribution in [2.75, 3.05) is 7.11 Å². The van der Waals surface area contributed by atoms with E-state index >= 15 is 0 Å². The molecule has 0 amide bonds. The molecule has 4 nitrogen and oxygen atoms in total. The minimum Gasteiger partial charge on any atom is -0.475 e. The normalized spacial score (nSPS) is 16.5. The van der Waals surface area contributed by atoms with Gasteiger partial charge in [0, 0.05) is 19.1 Å². The number of carboxylic acids is 1. The smallest absolute Gasteiger partial charge is 0.377 e. The van der Waals surface area contributed by atoms with Crippen LogP contribution in [0.25, 0.3) is 0 Å². The minimum absolute atomic E-state index is 0.0294. The molecule has 17 heavy (non-hydrogen) atoms. The van der Waals surface area contributed by atoms with E-state index in [1.165, 1.54) is 0 Å². The Morgan fingerprint density at radius 1 is 1.29 bits per heavy atom. The lowest BCUT2D eigenvalue weighted by Crippen LogP contribution is -2.15. The van der Waals surface area contributed by atoms with Gasteiger partial charge in [0.2, 0.25) is 0 Å². The molecule has 1 aromatic carbocycles. The molecule has 0 bridgehead atoms. The summed E-state index contributed by atoms with van der Waals surface area (Å²) in [6, 6.07) is 6.68. The summed E-state index contributed by atoms with van der Waals surface area (Å²) >= 11 is 0. The van der Waals surface area contributed by atoms with Crippen molar-refractivity contribution in [3.05, 3.63) is 35.4 Å². The SMILES string of the molecule is COC1(Cc2ccc(C(=O)C(=O)O)cc2)CC1. The van der Waals surface area contributed by atoms with Gasteiger partial charge in [0.25, 0.3) is 5.78 Å². The van der Waals surface area contributed by atoms with Crippen LogP contribution in [-0.4, -0.2) is 29.6 Å². The molecule has 4 heteroatoms. The number of aliphatic carboxylic acids is 1. The fourth-order valence-corrected chi connectivity index (χ4v) is 1.86. The van der Waals surface area contributed by atoms with Gasteiger partial charge >= 0.3 is 5.97 Å². The maximum Gasteiger partial charge on any atom is 0.377 e. The van der Waals surface area contributed by atoms with Crippen LogP contribution in [0.1, 0.15) is 28.8 Å². The van der Waals surface area contributed by atoms with Gasteiger partial charge in [0.15, 0.2) is 0 Å². The molecule has 1 aliphatic rings. The van der Waals surface area contributed by atoms with Crippen LogP contribution in [0.2, 0.25) is 0 Å². The molecule has 0 heterocycles. The average molecular weight is 234 g/mol. The number of benzene rings is 1. The fourth-order valence-electron chi connectivity index (χ4n) is 1.86. The quantitative estimate of drug-likeness (QED) is 0.621. The van der Waals surface area contributed by atoms with Crippen LogP contribution in [-0.2, 0) is 16.0 Å². The maximum atomic E-state index is 11.2. The molecule has 0 spiro atoms. The molecular weight excluding hydrogens is 220 g/mol. The van der Waals surface area contributed by atoms with E-state index in [9.17, 15) is 9.59 Å². The number of Topliss-reactive ketones (excluding diaryl/α,β-unsaturated/α-hetero) is 1. The van der Waals surface area contributed by atoms with Crippen molar-refractivity contribution < 1.29 is 19.4 Å². The number of carbonyl (C=O) groups excluding carboxylic acids is 1. The Morgan fingerprint density at radius 3 is 2.29 bits per heavy atom. The van der Waals surface area contributed by atoms with Gasteiger partial charge in [0.1, 0.15) is 0 Å². The molecule has 1 N–H and O–H groups in total. The van der Waals surface area contributed by atoms with Crippen LogP contribution in [0.3, 0.4) is 0 Å². The second-order valence-corrected chi connectivity index (χ2v) is 4.40. The zero-order valence-electron chi connectivity index (χ0n) is 9.60. The minimum atomic E-state index is -1.42. The van der Waals surface area contributed by atoms with Crippen LogP contribution < -0.4 is 0 Å². The Labute approximate surface area is 99.2 Å². The number of carboxylic acid groups (broad SMARTS) is 1. The number of rotatable bonds is 5. The molecule has 1 saturated carbocycles. The number of hydrogen-bond donors (Lipinski definition) is 1. The predicted octanol–water partition coefficient (Wildman–Crippen LogP) is 1.68. The van der Waals surface area contributed by atoms with Gasteiger partial charge in [-0.1, -0.05) is 24.3 Å². The van der Waals surface area contributed by atoms with Crippen LogP contribution in [0.5, 0.6) is 0 Å². The lowest BCUT2D eigenvalue weighted by Gasteiger charge is -2.12. The maximum absolute atomic E-state index is 11.2. The molecule has 90 valence electrons. The van der Waals surface area contributed by atoms with E-state index in [1.807, 2.05) is 0 Å². The third-order valence-corrected chi connectivity index (χ3v) is 3.18. The predicted molar refractivity (Wildman–Crippen MR) is 61.1 cm³/mol. The topological polar surface area (TPSA) is 63.6 Å². The summed E-state index contributed by atoms with van der Waals surface area (Å²) < 4.78 is 5.41. The van der Waals surface area contributed by atoms with E-state index in [2.05, 4.69) is 0 Å². The molecular formula is C13H14O4. The summed E-state index contributed by atoms with van der Waals surface area (Å²) in [7, 11) is 1.70. The second-order valence-electron chi connectivity index (χ2n) is 4.40. The molecule has 0 radical (unpaired) electrons. The number of hydrogen-bond acceptors (Lipinski definition) is 3. The Bertz CT molecular complexity index is 443. The Kier molecular flexibility index (Phi) is 2.98. The van der Waals surface area contributed by atoms with Gasteiger partial charge < -0.3 is 9.84 Å². The van der Waals surface area contributed by atoms with Gasteiger partial charge in [-0.05, 0) is 18.4 Å². The lowest BCUT2D eigenvalue weighted by atomic mass is 10.0. The third-order valence-electron chi connectivity index (χ3n) is 3.18. The number of carbonyl (C=O) groups is 2. The summed E-state index contributed by atoms with van der Waals surface area (Å²) in [4.78, 5) is 21.7. The zero-order chi connectivity index (χ0) is 12.5. The monoisotopic (exact) mass is 234 g/mol. The summed E-state index contributed by atoms with van der Waals surface area (Å²) in [5, 5.41) is 8.57. The van der Waals surface area contributed by atoms with Gasteiger partial charge in [-0.25, -0.2) is 4.79 Å². The van der Waals surface area contributed by atoms with Crippen molar-refractivity contribution in [2.45, 2.75) is 24.9 Å². The van der Waals surface area contributed by atoms with E-state index in [4.69, 9.17) is 9.84 Å². The van der Waals surface area contributed by atoms with E-state index < -0.39 is 11.8 Å². The standard InChI is InChI=1S/C13H14O4/c1-17-13(6-7-13)8-9-2-4-10(5-3-9)11(14)12(15)16/h2-5H,6-8H2,1H3,(H,15,16). The summed E-state index contributed by atoms with van der Waals surface area (Å²) in [5.41, 5.74) is 1.24. The molecule has 0 aliphatic heterocycles. The largest absolute Gasteiger partial charge is 0.475 e. The Hall–Kier alpha value is -1.68. The van der Waals surface area contributed by atoms with Crippen molar-refractivity contribution in [2.24, 2.45) is 0 Å². The first-order valence-electron chi connectivity index (χ1n) is 5.48.